The summed E-state index contributed by atoms with van der Waals surface area (Å²) in [5, 5.41) is 4.30. The maximum atomic E-state index is 5.66. The number of nitrogen functional groups attached to an aromatic ring is 1. The Bertz CT molecular complexity index is 556. The number of hydrogen-bond donors (Lipinski definition) is 1. The van der Waals surface area contributed by atoms with Crippen molar-refractivity contribution in [3.8, 4) is 0 Å². The first-order valence-electron chi connectivity index (χ1n) is 6.56. The number of nitrogens with two attached hydrogens (primary N) is 1. The minimum atomic E-state index is 0.441. The van der Waals surface area contributed by atoms with Crippen LogP contribution in [0.4, 0.5) is 11.6 Å². The van der Waals surface area contributed by atoms with Crippen LogP contribution in [0.5, 0.6) is 0 Å². The van der Waals surface area contributed by atoms with E-state index in [0.29, 0.717) is 11.9 Å². The molecule has 0 spiro atoms. The number of aryl methyl sites for hydroxylation is 1. The van der Waals surface area contributed by atoms with Crippen molar-refractivity contribution in [2.75, 3.05) is 23.7 Å². The average Bonchev–Trinajstić information content (AvgIpc) is 2.86. The molecule has 1 fully saturated rings. The van der Waals surface area contributed by atoms with Crippen LogP contribution in [-0.2, 0) is 0 Å². The highest BCUT2D eigenvalue weighted by atomic mass is 15.3. The van der Waals surface area contributed by atoms with Gasteiger partial charge in [-0.25, -0.2) is 9.97 Å². The normalized spacial score (nSPS) is 16.8. The third-order valence-corrected chi connectivity index (χ3v) is 3.58. The van der Waals surface area contributed by atoms with E-state index in [1.165, 1.54) is 0 Å². The predicted octanol–water partition coefficient (Wildman–Crippen LogP) is 1.41. The maximum Gasteiger partial charge on any atom is 0.145 e. The molecule has 100 valence electrons. The van der Waals surface area contributed by atoms with Crippen LogP contribution in [-0.4, -0.2) is 32.8 Å². The van der Waals surface area contributed by atoms with E-state index in [1.807, 2.05) is 29.9 Å². The van der Waals surface area contributed by atoms with Gasteiger partial charge in [0.05, 0.1) is 6.04 Å². The van der Waals surface area contributed by atoms with Crippen LogP contribution < -0.4 is 10.6 Å². The zero-order chi connectivity index (χ0) is 13.2. The van der Waals surface area contributed by atoms with Crippen LogP contribution in [0.3, 0.4) is 0 Å². The van der Waals surface area contributed by atoms with E-state index in [0.717, 1.165) is 37.4 Å². The number of nitrogens with zero attached hydrogens (tertiary/aromatic N) is 5. The second-order valence-corrected chi connectivity index (χ2v) is 4.96. The minimum Gasteiger partial charge on any atom is -0.382 e. The van der Waals surface area contributed by atoms with Gasteiger partial charge in [0.15, 0.2) is 0 Å². The van der Waals surface area contributed by atoms with Gasteiger partial charge in [-0.15, -0.1) is 0 Å². The number of hydrogen-bond acceptors (Lipinski definition) is 5. The highest BCUT2D eigenvalue weighted by molar-refractivity contribution is 5.39. The molecule has 2 N–H and O–H groups in total. The van der Waals surface area contributed by atoms with Crippen molar-refractivity contribution in [1.82, 2.24) is 19.7 Å². The number of piperidine rings is 1. The molecule has 6 nitrogen and oxygen atoms in total. The van der Waals surface area contributed by atoms with Gasteiger partial charge >= 0.3 is 0 Å². The van der Waals surface area contributed by atoms with Crippen molar-refractivity contribution in [3.63, 3.8) is 0 Å². The lowest BCUT2D eigenvalue weighted by Gasteiger charge is -2.32. The molecule has 1 aliphatic rings. The van der Waals surface area contributed by atoms with Gasteiger partial charge in [0, 0.05) is 31.0 Å². The summed E-state index contributed by atoms with van der Waals surface area (Å²) in [5.74, 6) is 1.61. The number of rotatable bonds is 2. The Morgan fingerprint density at radius 2 is 2.05 bits per heavy atom. The Hall–Kier alpha value is -2.11. The standard InChI is InChI=1S/C13H18N6/c1-10-8-13(16-9-15-10)18-5-2-11(3-6-18)19-7-4-12(14)17-19/h4,7-9,11H,2-3,5-6H2,1H3,(H2,14,17). The lowest BCUT2D eigenvalue weighted by molar-refractivity contribution is 0.366. The maximum absolute atomic E-state index is 5.66. The Kier molecular flexibility index (Phi) is 3.06. The second kappa shape index (κ2) is 4.87. The van der Waals surface area contributed by atoms with E-state index in [2.05, 4.69) is 20.0 Å². The van der Waals surface area contributed by atoms with Gasteiger partial charge in [-0.1, -0.05) is 0 Å². The van der Waals surface area contributed by atoms with E-state index < -0.39 is 0 Å². The zero-order valence-electron chi connectivity index (χ0n) is 11.0. The van der Waals surface area contributed by atoms with Gasteiger partial charge in [0.2, 0.25) is 0 Å². The SMILES string of the molecule is Cc1cc(N2CCC(n3ccc(N)n3)CC2)ncn1. The minimum absolute atomic E-state index is 0.441. The van der Waals surface area contributed by atoms with E-state index in [1.54, 1.807) is 6.33 Å². The van der Waals surface area contributed by atoms with Crippen molar-refractivity contribution in [2.45, 2.75) is 25.8 Å². The molecule has 0 atom stereocenters. The average molecular weight is 258 g/mol. The molecule has 2 aromatic heterocycles. The molecule has 3 heterocycles. The molecule has 0 aromatic carbocycles. The van der Waals surface area contributed by atoms with Crippen LogP contribution in [0.25, 0.3) is 0 Å². The fourth-order valence-corrected chi connectivity index (χ4v) is 2.53. The molecule has 0 radical (unpaired) electrons. The summed E-state index contributed by atoms with van der Waals surface area (Å²) in [6.45, 7) is 3.96. The summed E-state index contributed by atoms with van der Waals surface area (Å²) in [6.07, 6.45) is 5.71. The Morgan fingerprint density at radius 1 is 1.26 bits per heavy atom. The summed E-state index contributed by atoms with van der Waals surface area (Å²) in [6, 6.07) is 4.32. The highest BCUT2D eigenvalue weighted by Crippen LogP contribution is 2.25. The Balaban J connectivity index is 1.66. The number of aromatic nitrogens is 4. The molecule has 19 heavy (non-hydrogen) atoms. The largest absolute Gasteiger partial charge is 0.382 e. The van der Waals surface area contributed by atoms with Gasteiger partial charge in [0.25, 0.3) is 0 Å². The smallest absolute Gasteiger partial charge is 0.145 e. The van der Waals surface area contributed by atoms with E-state index in [-0.39, 0.29) is 0 Å². The first-order chi connectivity index (χ1) is 9.22. The van der Waals surface area contributed by atoms with Crippen molar-refractivity contribution >= 4 is 11.6 Å². The van der Waals surface area contributed by atoms with Gasteiger partial charge < -0.3 is 10.6 Å². The molecule has 0 amide bonds. The highest BCUT2D eigenvalue weighted by Gasteiger charge is 2.21. The quantitative estimate of drug-likeness (QED) is 0.881. The first kappa shape index (κ1) is 12.0. The predicted molar refractivity (Wildman–Crippen MR) is 73.9 cm³/mol. The molecular weight excluding hydrogens is 240 g/mol. The fraction of sp³-hybridized carbons (Fsp3) is 0.462. The molecule has 3 rings (SSSR count). The fourth-order valence-electron chi connectivity index (χ4n) is 2.53. The van der Waals surface area contributed by atoms with Crippen LogP contribution in [0.2, 0.25) is 0 Å². The van der Waals surface area contributed by atoms with Crippen LogP contribution in [0, 0.1) is 6.92 Å². The summed E-state index contributed by atoms with van der Waals surface area (Å²) in [4.78, 5) is 10.8. The first-order valence-corrected chi connectivity index (χ1v) is 6.56. The monoisotopic (exact) mass is 258 g/mol. The molecule has 0 bridgehead atoms. The van der Waals surface area contributed by atoms with Crippen molar-refractivity contribution in [2.24, 2.45) is 0 Å². The third-order valence-electron chi connectivity index (χ3n) is 3.58. The lowest BCUT2D eigenvalue weighted by Crippen LogP contribution is -2.35. The van der Waals surface area contributed by atoms with Crippen LogP contribution >= 0.6 is 0 Å². The number of anilines is 2. The molecule has 0 aliphatic carbocycles. The Labute approximate surface area is 112 Å². The molecule has 2 aromatic rings. The van der Waals surface area contributed by atoms with E-state index >= 15 is 0 Å². The van der Waals surface area contributed by atoms with Gasteiger partial charge in [-0.3, -0.25) is 4.68 Å². The third kappa shape index (κ3) is 2.52. The van der Waals surface area contributed by atoms with Crippen molar-refractivity contribution in [1.29, 1.82) is 0 Å². The molecule has 1 aliphatic heterocycles. The summed E-state index contributed by atoms with van der Waals surface area (Å²) >= 11 is 0. The summed E-state index contributed by atoms with van der Waals surface area (Å²) < 4.78 is 1.98. The van der Waals surface area contributed by atoms with Crippen LogP contribution in [0.1, 0.15) is 24.6 Å². The molecule has 0 saturated carbocycles. The zero-order valence-corrected chi connectivity index (χ0v) is 11.0. The molecule has 0 unspecified atom stereocenters. The van der Waals surface area contributed by atoms with Crippen molar-refractivity contribution in [3.05, 3.63) is 30.4 Å². The van der Waals surface area contributed by atoms with Crippen LogP contribution in [0.15, 0.2) is 24.7 Å². The topological polar surface area (TPSA) is 72.9 Å². The molecular formula is C13H18N6. The molecule has 6 heteroatoms. The van der Waals surface area contributed by atoms with Crippen molar-refractivity contribution < 1.29 is 0 Å². The van der Waals surface area contributed by atoms with E-state index in [9.17, 15) is 0 Å². The molecule has 1 saturated heterocycles. The van der Waals surface area contributed by atoms with E-state index in [4.69, 9.17) is 5.73 Å². The van der Waals surface area contributed by atoms with Gasteiger partial charge in [0.1, 0.15) is 18.0 Å². The van der Waals surface area contributed by atoms with Gasteiger partial charge in [-0.05, 0) is 25.8 Å². The van der Waals surface area contributed by atoms with Gasteiger partial charge in [-0.2, -0.15) is 5.10 Å². The summed E-state index contributed by atoms with van der Waals surface area (Å²) in [5.41, 5.74) is 6.67. The second-order valence-electron chi connectivity index (χ2n) is 4.96. The summed E-state index contributed by atoms with van der Waals surface area (Å²) in [7, 11) is 0. The lowest BCUT2D eigenvalue weighted by atomic mass is 10.1. The Morgan fingerprint density at radius 3 is 2.68 bits per heavy atom.